The average molecular weight is 381 g/mol. The summed E-state index contributed by atoms with van der Waals surface area (Å²) in [4.78, 5) is 26.1. The molecule has 1 aliphatic rings. The topological polar surface area (TPSA) is 84.7 Å². The maximum Gasteiger partial charge on any atom is 0.254 e. The van der Waals surface area contributed by atoms with E-state index in [2.05, 4.69) is 5.32 Å². The molecule has 1 fully saturated rings. The molecule has 2 aromatic rings. The molecule has 2 aromatic carbocycles. The fourth-order valence-electron chi connectivity index (χ4n) is 3.34. The van der Waals surface area contributed by atoms with E-state index >= 15 is 0 Å². The Labute approximate surface area is 165 Å². The number of ether oxygens (including phenoxy) is 1. The number of carbonyl (C=O) groups excluding carboxylic acids is 2. The second kappa shape index (κ2) is 9.48. The first kappa shape index (κ1) is 20.0. The molecule has 6 heteroatoms. The van der Waals surface area contributed by atoms with E-state index in [1.165, 1.54) is 0 Å². The maximum atomic E-state index is 12.8. The molecule has 1 aliphatic heterocycles. The predicted octanol–water partition coefficient (Wildman–Crippen LogP) is 1.83. The Hall–Kier alpha value is -2.70. The standard InChI is InChI=1S/C22H27N3O3/c1-24-21(26)14-16-2-4-17(5-3-16)18-6-8-19(9-7-18)22(27)25-12-13-28-20(15-25)10-11-23/h2-9,20H,10-15,23H2,1H3,(H,24,26)/t20-/m0/s1. The van der Waals surface area contributed by atoms with Crippen LogP contribution in [0.5, 0.6) is 0 Å². The molecule has 0 aliphatic carbocycles. The maximum absolute atomic E-state index is 12.8. The second-order valence-corrected chi connectivity index (χ2v) is 6.95. The lowest BCUT2D eigenvalue weighted by Gasteiger charge is -2.33. The van der Waals surface area contributed by atoms with Gasteiger partial charge in [0.2, 0.25) is 5.91 Å². The summed E-state index contributed by atoms with van der Waals surface area (Å²) in [6.07, 6.45) is 1.16. The van der Waals surface area contributed by atoms with Crippen molar-refractivity contribution in [1.82, 2.24) is 10.2 Å². The van der Waals surface area contributed by atoms with Gasteiger partial charge in [-0.2, -0.15) is 0 Å². The highest BCUT2D eigenvalue weighted by Crippen LogP contribution is 2.22. The van der Waals surface area contributed by atoms with E-state index in [1.54, 1.807) is 7.05 Å². The van der Waals surface area contributed by atoms with Crippen LogP contribution in [0.25, 0.3) is 11.1 Å². The van der Waals surface area contributed by atoms with Gasteiger partial charge >= 0.3 is 0 Å². The minimum absolute atomic E-state index is 0.00701. The molecule has 148 valence electrons. The third kappa shape index (κ3) is 4.97. The Morgan fingerprint density at radius 2 is 1.75 bits per heavy atom. The summed E-state index contributed by atoms with van der Waals surface area (Å²) in [5, 5.41) is 2.62. The van der Waals surface area contributed by atoms with Crippen molar-refractivity contribution in [3.8, 4) is 11.1 Å². The van der Waals surface area contributed by atoms with Crippen LogP contribution in [0, 0.1) is 0 Å². The Balaban J connectivity index is 1.66. The van der Waals surface area contributed by atoms with Crippen LogP contribution in [0.1, 0.15) is 22.3 Å². The first-order chi connectivity index (χ1) is 13.6. The zero-order valence-electron chi connectivity index (χ0n) is 16.2. The number of carbonyl (C=O) groups is 2. The van der Waals surface area contributed by atoms with Crippen molar-refractivity contribution < 1.29 is 14.3 Å². The van der Waals surface area contributed by atoms with E-state index in [9.17, 15) is 9.59 Å². The second-order valence-electron chi connectivity index (χ2n) is 6.95. The molecular weight excluding hydrogens is 354 g/mol. The van der Waals surface area contributed by atoms with Crippen LogP contribution >= 0.6 is 0 Å². The van der Waals surface area contributed by atoms with Gasteiger partial charge in [-0.15, -0.1) is 0 Å². The van der Waals surface area contributed by atoms with Gasteiger partial charge in [-0.25, -0.2) is 0 Å². The lowest BCUT2D eigenvalue weighted by atomic mass is 10.0. The molecule has 0 bridgehead atoms. The zero-order chi connectivity index (χ0) is 19.9. The lowest BCUT2D eigenvalue weighted by molar-refractivity contribution is -0.119. The van der Waals surface area contributed by atoms with E-state index in [1.807, 2.05) is 53.4 Å². The van der Waals surface area contributed by atoms with E-state index in [4.69, 9.17) is 10.5 Å². The SMILES string of the molecule is CNC(=O)Cc1ccc(-c2ccc(C(=O)N3CCO[C@@H](CCN)C3)cc2)cc1. The Morgan fingerprint density at radius 1 is 1.11 bits per heavy atom. The number of amides is 2. The van der Waals surface area contributed by atoms with Crippen molar-refractivity contribution in [3.63, 3.8) is 0 Å². The molecule has 3 N–H and O–H groups in total. The third-order valence-corrected chi connectivity index (χ3v) is 4.98. The van der Waals surface area contributed by atoms with Crippen LogP contribution in [0.2, 0.25) is 0 Å². The minimum atomic E-state index is -0.00701. The van der Waals surface area contributed by atoms with Crippen molar-refractivity contribution in [2.75, 3.05) is 33.3 Å². The van der Waals surface area contributed by atoms with Crippen molar-refractivity contribution in [3.05, 3.63) is 59.7 Å². The smallest absolute Gasteiger partial charge is 0.254 e. The zero-order valence-corrected chi connectivity index (χ0v) is 16.2. The summed E-state index contributed by atoms with van der Waals surface area (Å²) in [7, 11) is 1.63. The van der Waals surface area contributed by atoms with Crippen molar-refractivity contribution in [2.24, 2.45) is 5.73 Å². The molecule has 1 atom stereocenters. The molecule has 1 heterocycles. The number of benzene rings is 2. The number of hydrogen-bond acceptors (Lipinski definition) is 4. The predicted molar refractivity (Wildman–Crippen MR) is 109 cm³/mol. The van der Waals surface area contributed by atoms with Crippen LogP contribution in [0.3, 0.4) is 0 Å². The summed E-state index contributed by atoms with van der Waals surface area (Å²) in [5.74, 6) is 0.0187. The monoisotopic (exact) mass is 381 g/mol. The summed E-state index contributed by atoms with van der Waals surface area (Å²) in [6, 6.07) is 15.5. The van der Waals surface area contributed by atoms with E-state index in [-0.39, 0.29) is 17.9 Å². The fraction of sp³-hybridized carbons (Fsp3) is 0.364. The van der Waals surface area contributed by atoms with Gasteiger partial charge in [0.25, 0.3) is 5.91 Å². The number of rotatable bonds is 6. The Bertz CT molecular complexity index is 801. The lowest BCUT2D eigenvalue weighted by Crippen LogP contribution is -2.46. The van der Waals surface area contributed by atoms with Crippen molar-refractivity contribution in [2.45, 2.75) is 18.9 Å². The highest BCUT2D eigenvalue weighted by Gasteiger charge is 2.24. The van der Waals surface area contributed by atoms with E-state index in [0.29, 0.717) is 38.2 Å². The van der Waals surface area contributed by atoms with Crippen LogP contribution in [-0.4, -0.2) is 56.1 Å². The Morgan fingerprint density at radius 3 is 2.36 bits per heavy atom. The molecule has 3 rings (SSSR count). The average Bonchev–Trinajstić information content (AvgIpc) is 2.74. The summed E-state index contributed by atoms with van der Waals surface area (Å²) in [5.41, 5.74) is 9.33. The van der Waals surface area contributed by atoms with Crippen molar-refractivity contribution >= 4 is 11.8 Å². The molecule has 0 spiro atoms. The fourth-order valence-corrected chi connectivity index (χ4v) is 3.34. The largest absolute Gasteiger partial charge is 0.374 e. The van der Waals surface area contributed by atoms with Gasteiger partial charge in [-0.1, -0.05) is 36.4 Å². The molecular formula is C22H27N3O3. The molecule has 28 heavy (non-hydrogen) atoms. The molecule has 0 radical (unpaired) electrons. The van der Waals surface area contributed by atoms with Gasteiger partial charge in [0, 0.05) is 25.7 Å². The quantitative estimate of drug-likeness (QED) is 0.800. The Kier molecular flexibility index (Phi) is 6.79. The molecule has 2 amide bonds. The normalized spacial score (nSPS) is 16.6. The number of morpholine rings is 1. The van der Waals surface area contributed by atoms with Gasteiger partial charge < -0.3 is 20.7 Å². The van der Waals surface area contributed by atoms with Crippen LogP contribution in [0.15, 0.2) is 48.5 Å². The van der Waals surface area contributed by atoms with Crippen LogP contribution < -0.4 is 11.1 Å². The number of hydrogen-bond donors (Lipinski definition) is 2. The summed E-state index contributed by atoms with van der Waals surface area (Å²) in [6.45, 7) is 2.30. The number of nitrogens with zero attached hydrogens (tertiary/aromatic N) is 1. The highest BCUT2D eigenvalue weighted by atomic mass is 16.5. The minimum Gasteiger partial charge on any atom is -0.374 e. The number of likely N-dealkylation sites (N-methyl/N-ethyl adjacent to an activating group) is 1. The van der Waals surface area contributed by atoms with Gasteiger partial charge in [-0.05, 0) is 41.8 Å². The van der Waals surface area contributed by atoms with Crippen LogP contribution in [0.4, 0.5) is 0 Å². The first-order valence-electron chi connectivity index (χ1n) is 9.61. The van der Waals surface area contributed by atoms with E-state index in [0.717, 1.165) is 23.1 Å². The molecule has 6 nitrogen and oxygen atoms in total. The van der Waals surface area contributed by atoms with Gasteiger partial charge in [0.05, 0.1) is 19.1 Å². The molecule has 0 unspecified atom stereocenters. The van der Waals surface area contributed by atoms with Crippen molar-refractivity contribution in [1.29, 1.82) is 0 Å². The number of nitrogens with one attached hydrogen (secondary N) is 1. The summed E-state index contributed by atoms with van der Waals surface area (Å²) < 4.78 is 5.65. The third-order valence-electron chi connectivity index (χ3n) is 4.98. The van der Waals surface area contributed by atoms with E-state index < -0.39 is 0 Å². The van der Waals surface area contributed by atoms with Gasteiger partial charge in [0.1, 0.15) is 0 Å². The van der Waals surface area contributed by atoms with Crippen LogP contribution in [-0.2, 0) is 16.0 Å². The summed E-state index contributed by atoms with van der Waals surface area (Å²) >= 11 is 0. The highest BCUT2D eigenvalue weighted by molar-refractivity contribution is 5.94. The molecule has 1 saturated heterocycles. The number of nitrogens with two attached hydrogens (primary N) is 1. The molecule has 0 saturated carbocycles. The van der Waals surface area contributed by atoms with Gasteiger partial charge in [0.15, 0.2) is 0 Å². The molecule has 0 aromatic heterocycles. The van der Waals surface area contributed by atoms with Gasteiger partial charge in [-0.3, -0.25) is 9.59 Å². The first-order valence-corrected chi connectivity index (χ1v) is 9.61.